The number of fused-ring (bicyclic) bond motifs is 1. The molecule has 2 heterocycles. The Labute approximate surface area is 167 Å². The summed E-state index contributed by atoms with van der Waals surface area (Å²) < 4.78 is 4.58. The van der Waals surface area contributed by atoms with Gasteiger partial charge in [0.15, 0.2) is 11.2 Å². The van der Waals surface area contributed by atoms with Gasteiger partial charge >= 0.3 is 5.69 Å². The first-order chi connectivity index (χ1) is 12.4. The van der Waals surface area contributed by atoms with E-state index in [1.807, 2.05) is 11.5 Å². The van der Waals surface area contributed by atoms with Crippen molar-refractivity contribution in [3.8, 4) is 0 Å². The highest BCUT2D eigenvalue weighted by molar-refractivity contribution is 5.85. The van der Waals surface area contributed by atoms with Gasteiger partial charge in [0.2, 0.25) is 0 Å². The highest BCUT2D eigenvalue weighted by Gasteiger charge is 2.17. The molecule has 7 nitrogen and oxygen atoms in total. The molecule has 0 spiro atoms. The third kappa shape index (κ3) is 5.23. The Hall–Kier alpha value is -1.60. The van der Waals surface area contributed by atoms with Crippen LogP contribution in [-0.2, 0) is 20.6 Å². The molecule has 0 bridgehead atoms. The molecule has 0 amide bonds. The third-order valence-electron chi connectivity index (χ3n) is 5.05. The van der Waals surface area contributed by atoms with Crippen molar-refractivity contribution in [2.24, 2.45) is 14.1 Å². The Kier molecular flexibility index (Phi) is 9.26. The van der Waals surface area contributed by atoms with E-state index in [2.05, 4.69) is 23.7 Å². The van der Waals surface area contributed by atoms with Crippen molar-refractivity contribution in [1.82, 2.24) is 23.6 Å². The van der Waals surface area contributed by atoms with E-state index in [9.17, 15) is 9.59 Å². The van der Waals surface area contributed by atoms with Gasteiger partial charge in [-0.05, 0) is 45.8 Å². The van der Waals surface area contributed by atoms with Crippen molar-refractivity contribution >= 4 is 23.6 Å². The Morgan fingerprint density at radius 1 is 0.926 bits per heavy atom. The lowest BCUT2D eigenvalue weighted by Crippen LogP contribution is -2.37. The van der Waals surface area contributed by atoms with E-state index in [4.69, 9.17) is 0 Å². The summed E-state index contributed by atoms with van der Waals surface area (Å²) in [5, 5.41) is 0. The number of aromatic nitrogens is 4. The average Bonchev–Trinajstić information content (AvgIpc) is 2.96. The number of hydrogen-bond acceptors (Lipinski definition) is 4. The molecule has 0 radical (unpaired) electrons. The van der Waals surface area contributed by atoms with Crippen LogP contribution in [0.3, 0.4) is 0 Å². The fourth-order valence-electron chi connectivity index (χ4n) is 3.38. The van der Waals surface area contributed by atoms with Crippen LogP contribution in [0.5, 0.6) is 0 Å². The van der Waals surface area contributed by atoms with Gasteiger partial charge in [0, 0.05) is 20.6 Å². The molecule has 0 aliphatic carbocycles. The number of halogens is 1. The van der Waals surface area contributed by atoms with E-state index in [-0.39, 0.29) is 23.7 Å². The number of hydrogen-bond donors (Lipinski definition) is 0. The second-order valence-electron chi connectivity index (χ2n) is 7.09. The van der Waals surface area contributed by atoms with Crippen LogP contribution in [0.25, 0.3) is 11.2 Å². The number of rotatable bonds is 10. The normalized spacial score (nSPS) is 11.3. The standard InChI is InChI=1S/C19H33N5O2.ClH/c1-6-8-11-23(12-9-7-2)13-10-14-24-15(3)20-17-16(24)18(25)22(5)19(26)21(17)4;/h6-14H2,1-5H3;1H. The zero-order valence-corrected chi connectivity index (χ0v) is 18.1. The SMILES string of the molecule is CCCCN(CCCC)CCCn1c(C)nc2c1c(=O)n(C)c(=O)n2C.Cl. The quantitative estimate of drug-likeness (QED) is 0.615. The van der Waals surface area contributed by atoms with Gasteiger partial charge in [-0.3, -0.25) is 13.9 Å². The molecule has 154 valence electrons. The fourth-order valence-corrected chi connectivity index (χ4v) is 3.38. The minimum Gasteiger partial charge on any atom is -0.322 e. The highest BCUT2D eigenvalue weighted by Crippen LogP contribution is 2.11. The lowest BCUT2D eigenvalue weighted by atomic mass is 10.2. The smallest absolute Gasteiger partial charge is 0.322 e. The molecule has 0 aliphatic heterocycles. The molecule has 0 aliphatic rings. The lowest BCUT2D eigenvalue weighted by molar-refractivity contribution is 0.257. The van der Waals surface area contributed by atoms with Crippen molar-refractivity contribution in [3.05, 3.63) is 26.7 Å². The van der Waals surface area contributed by atoms with Crippen molar-refractivity contribution < 1.29 is 0 Å². The molecule has 8 heteroatoms. The van der Waals surface area contributed by atoms with Gasteiger partial charge in [0.1, 0.15) is 5.82 Å². The predicted molar refractivity (Wildman–Crippen MR) is 113 cm³/mol. The summed E-state index contributed by atoms with van der Waals surface area (Å²) in [4.78, 5) is 31.7. The zero-order valence-electron chi connectivity index (χ0n) is 17.3. The molecule has 0 saturated carbocycles. The maximum Gasteiger partial charge on any atom is 0.332 e. The molecule has 27 heavy (non-hydrogen) atoms. The Balaban J connectivity index is 0.00000364. The molecule has 0 atom stereocenters. The summed E-state index contributed by atoms with van der Waals surface area (Å²) in [7, 11) is 3.19. The van der Waals surface area contributed by atoms with E-state index in [0.29, 0.717) is 11.2 Å². The number of imidazole rings is 1. The topological polar surface area (TPSA) is 65.1 Å². The Bertz CT molecular complexity index is 844. The fraction of sp³-hybridized carbons (Fsp3) is 0.737. The monoisotopic (exact) mass is 399 g/mol. The predicted octanol–water partition coefficient (Wildman–Crippen LogP) is 2.46. The summed E-state index contributed by atoms with van der Waals surface area (Å²) in [6, 6.07) is 0. The molecular weight excluding hydrogens is 366 g/mol. The lowest BCUT2D eigenvalue weighted by Gasteiger charge is -2.22. The second kappa shape index (κ2) is 10.7. The van der Waals surface area contributed by atoms with E-state index in [1.54, 1.807) is 7.05 Å². The van der Waals surface area contributed by atoms with Crippen LogP contribution < -0.4 is 11.2 Å². The molecule has 0 N–H and O–H groups in total. The number of nitrogens with zero attached hydrogens (tertiary/aromatic N) is 5. The minimum atomic E-state index is -0.336. The first-order valence-corrected chi connectivity index (χ1v) is 9.77. The van der Waals surface area contributed by atoms with Crippen LogP contribution in [0.2, 0.25) is 0 Å². The van der Waals surface area contributed by atoms with Crippen molar-refractivity contribution in [2.75, 3.05) is 19.6 Å². The number of unbranched alkanes of at least 4 members (excludes halogenated alkanes) is 2. The largest absolute Gasteiger partial charge is 0.332 e. The maximum atomic E-state index is 12.6. The molecule has 0 aromatic carbocycles. The summed E-state index contributed by atoms with van der Waals surface area (Å²) in [6.45, 7) is 10.4. The Morgan fingerprint density at radius 2 is 1.48 bits per heavy atom. The summed E-state index contributed by atoms with van der Waals surface area (Å²) in [6.07, 6.45) is 5.82. The van der Waals surface area contributed by atoms with Crippen LogP contribution >= 0.6 is 12.4 Å². The van der Waals surface area contributed by atoms with Gasteiger partial charge in [-0.2, -0.15) is 0 Å². The maximum absolute atomic E-state index is 12.6. The highest BCUT2D eigenvalue weighted by atomic mass is 35.5. The van der Waals surface area contributed by atoms with Crippen LogP contribution in [0.1, 0.15) is 51.8 Å². The Morgan fingerprint density at radius 3 is 2.04 bits per heavy atom. The van der Waals surface area contributed by atoms with Gasteiger partial charge in [-0.25, -0.2) is 9.78 Å². The van der Waals surface area contributed by atoms with Crippen LogP contribution in [-0.4, -0.2) is 43.2 Å². The van der Waals surface area contributed by atoms with E-state index in [1.165, 1.54) is 37.3 Å². The zero-order chi connectivity index (χ0) is 19.3. The van der Waals surface area contributed by atoms with Crippen molar-refractivity contribution in [3.63, 3.8) is 0 Å². The summed E-state index contributed by atoms with van der Waals surface area (Å²) in [5.41, 5.74) is 0.403. The molecule has 2 aromatic heterocycles. The van der Waals surface area contributed by atoms with Crippen LogP contribution in [0, 0.1) is 6.92 Å². The molecular formula is C19H34ClN5O2. The van der Waals surface area contributed by atoms with E-state index >= 15 is 0 Å². The van der Waals surface area contributed by atoms with E-state index < -0.39 is 0 Å². The van der Waals surface area contributed by atoms with Gasteiger partial charge < -0.3 is 9.47 Å². The second-order valence-corrected chi connectivity index (χ2v) is 7.09. The molecule has 0 fully saturated rings. The minimum absolute atomic E-state index is 0. The van der Waals surface area contributed by atoms with Gasteiger partial charge in [0.25, 0.3) is 5.56 Å². The summed E-state index contributed by atoms with van der Waals surface area (Å²) >= 11 is 0. The van der Waals surface area contributed by atoms with Crippen LogP contribution in [0.4, 0.5) is 0 Å². The van der Waals surface area contributed by atoms with Crippen LogP contribution in [0.15, 0.2) is 9.59 Å². The summed E-state index contributed by atoms with van der Waals surface area (Å²) in [5.74, 6) is 0.784. The van der Waals surface area contributed by atoms with Crippen molar-refractivity contribution in [2.45, 2.75) is 59.4 Å². The van der Waals surface area contributed by atoms with Gasteiger partial charge in [-0.1, -0.05) is 26.7 Å². The number of aryl methyl sites for hydroxylation is 3. The molecule has 0 unspecified atom stereocenters. The van der Waals surface area contributed by atoms with Crippen molar-refractivity contribution in [1.29, 1.82) is 0 Å². The third-order valence-corrected chi connectivity index (χ3v) is 5.05. The average molecular weight is 400 g/mol. The molecule has 0 saturated heterocycles. The van der Waals surface area contributed by atoms with E-state index in [0.717, 1.165) is 43.0 Å². The first-order valence-electron chi connectivity index (χ1n) is 9.77. The van der Waals surface area contributed by atoms with Gasteiger partial charge in [-0.15, -0.1) is 12.4 Å². The molecule has 2 aromatic rings. The van der Waals surface area contributed by atoms with Gasteiger partial charge in [0.05, 0.1) is 0 Å². The molecule has 2 rings (SSSR count). The first kappa shape index (κ1) is 23.4.